The van der Waals surface area contributed by atoms with E-state index < -0.39 is 0 Å². The molecule has 0 atom stereocenters. The van der Waals surface area contributed by atoms with Gasteiger partial charge in [-0.15, -0.1) is 0 Å². The summed E-state index contributed by atoms with van der Waals surface area (Å²) >= 11 is 0. The second kappa shape index (κ2) is 3.94. The molecule has 0 unspecified atom stereocenters. The lowest BCUT2D eigenvalue weighted by atomic mass is 10.3. The Bertz CT molecular complexity index is 81.7. The van der Waals surface area contributed by atoms with Crippen LogP contribution in [0.4, 0.5) is 0 Å². The van der Waals surface area contributed by atoms with Crippen molar-refractivity contribution >= 4 is 0 Å². The minimum absolute atomic E-state index is 1.08. The van der Waals surface area contributed by atoms with Crippen LogP contribution in [-0.4, -0.2) is 57.7 Å². The summed E-state index contributed by atoms with van der Waals surface area (Å²) in [5, 5.41) is 0. The van der Waals surface area contributed by atoms with E-state index in [1.54, 1.807) is 0 Å². The normalized spacial score (nSPS) is 12.6. The molecule has 0 fully saturated rings. The third kappa shape index (κ3) is 7.92. The van der Waals surface area contributed by atoms with Gasteiger partial charge in [0.05, 0.1) is 27.7 Å². The van der Waals surface area contributed by atoms with Gasteiger partial charge < -0.3 is 9.38 Å². The van der Waals surface area contributed by atoms with Crippen molar-refractivity contribution < 1.29 is 4.48 Å². The third-order valence-corrected chi connectivity index (χ3v) is 1.43. The molecule has 10 heavy (non-hydrogen) atoms. The first-order valence-corrected chi connectivity index (χ1v) is 3.87. The van der Waals surface area contributed by atoms with Crippen LogP contribution in [0.1, 0.15) is 6.42 Å². The Hall–Kier alpha value is -0.0800. The topological polar surface area (TPSA) is 3.24 Å². The quantitative estimate of drug-likeness (QED) is 0.525. The van der Waals surface area contributed by atoms with Crippen LogP contribution in [-0.2, 0) is 0 Å². The predicted octanol–water partition coefficient (Wildman–Crippen LogP) is 0.644. The lowest BCUT2D eigenvalue weighted by molar-refractivity contribution is -0.870. The van der Waals surface area contributed by atoms with E-state index in [2.05, 4.69) is 40.1 Å². The molecule has 0 aliphatic carbocycles. The van der Waals surface area contributed by atoms with Crippen molar-refractivity contribution in [2.75, 3.05) is 48.3 Å². The molecule has 0 saturated heterocycles. The average Bonchev–Trinajstić information content (AvgIpc) is 1.59. The minimum atomic E-state index is 1.08. The Kier molecular flexibility index (Phi) is 3.91. The van der Waals surface area contributed by atoms with Gasteiger partial charge in [0.2, 0.25) is 0 Å². The third-order valence-electron chi connectivity index (χ3n) is 1.43. The van der Waals surface area contributed by atoms with Crippen molar-refractivity contribution in [3.63, 3.8) is 0 Å². The van der Waals surface area contributed by atoms with Gasteiger partial charge in [-0.1, -0.05) is 0 Å². The van der Waals surface area contributed by atoms with Gasteiger partial charge in [-0.2, -0.15) is 0 Å². The maximum Gasteiger partial charge on any atom is 0.0792 e. The molecule has 0 rings (SSSR count). The van der Waals surface area contributed by atoms with Crippen LogP contribution in [0.15, 0.2) is 0 Å². The Morgan fingerprint density at radius 3 is 1.90 bits per heavy atom. The van der Waals surface area contributed by atoms with Crippen molar-refractivity contribution in [2.45, 2.75) is 6.42 Å². The summed E-state index contributed by atoms with van der Waals surface area (Å²) in [5.74, 6) is 0. The van der Waals surface area contributed by atoms with E-state index >= 15 is 0 Å². The van der Waals surface area contributed by atoms with Crippen LogP contribution in [0.5, 0.6) is 0 Å². The minimum Gasteiger partial charge on any atom is -0.331 e. The van der Waals surface area contributed by atoms with Crippen LogP contribution in [0, 0.1) is 0 Å². The van der Waals surface area contributed by atoms with Crippen LogP contribution >= 0.6 is 0 Å². The SMILES string of the molecule is CN(C)CCC[N+](C)(C)C. The molecule has 2 nitrogen and oxygen atoms in total. The Morgan fingerprint density at radius 2 is 1.60 bits per heavy atom. The fourth-order valence-electron chi connectivity index (χ4n) is 0.861. The highest BCUT2D eigenvalue weighted by atomic mass is 15.3. The van der Waals surface area contributed by atoms with Gasteiger partial charge in [-0.25, -0.2) is 0 Å². The molecule has 0 aromatic rings. The number of hydrogen-bond acceptors (Lipinski definition) is 1. The highest BCUT2D eigenvalue weighted by molar-refractivity contribution is 4.41. The van der Waals surface area contributed by atoms with E-state index in [1.165, 1.54) is 19.5 Å². The van der Waals surface area contributed by atoms with E-state index in [1.807, 2.05) is 0 Å². The summed E-state index contributed by atoms with van der Waals surface area (Å²) in [6.45, 7) is 2.47. The molecule has 0 aliphatic heterocycles. The van der Waals surface area contributed by atoms with E-state index in [4.69, 9.17) is 0 Å². The standard InChI is InChI=1S/C8H21N2/c1-9(2)7-6-8-10(3,4)5/h6-8H2,1-5H3/q+1. The summed E-state index contributed by atoms with van der Waals surface area (Å²) in [5.41, 5.74) is 0. The molecule has 0 amide bonds. The molecule has 0 radical (unpaired) electrons. The van der Waals surface area contributed by atoms with Crippen molar-refractivity contribution in [1.82, 2.24) is 4.90 Å². The zero-order chi connectivity index (χ0) is 8.20. The summed E-state index contributed by atoms with van der Waals surface area (Å²) in [6.07, 6.45) is 1.29. The van der Waals surface area contributed by atoms with Crippen molar-refractivity contribution in [3.05, 3.63) is 0 Å². The van der Waals surface area contributed by atoms with Crippen LogP contribution < -0.4 is 0 Å². The highest BCUT2D eigenvalue weighted by Crippen LogP contribution is 1.93. The summed E-state index contributed by atoms with van der Waals surface area (Å²) < 4.78 is 1.08. The fraction of sp³-hybridized carbons (Fsp3) is 1.00. The maximum atomic E-state index is 2.23. The first-order valence-electron chi connectivity index (χ1n) is 3.87. The molecular formula is C8H21N2+. The number of nitrogens with zero attached hydrogens (tertiary/aromatic N) is 2. The summed E-state index contributed by atoms with van der Waals surface area (Å²) in [6, 6.07) is 0. The molecule has 0 aliphatic rings. The molecule has 0 heterocycles. The molecule has 0 bridgehead atoms. The largest absolute Gasteiger partial charge is 0.331 e. The number of hydrogen-bond donors (Lipinski definition) is 0. The monoisotopic (exact) mass is 145 g/mol. The van der Waals surface area contributed by atoms with Crippen LogP contribution in [0.2, 0.25) is 0 Å². The van der Waals surface area contributed by atoms with Crippen LogP contribution in [0.25, 0.3) is 0 Å². The molecule has 0 N–H and O–H groups in total. The van der Waals surface area contributed by atoms with E-state index in [0.29, 0.717) is 0 Å². The molecule has 0 saturated carbocycles. The second-order valence-corrected chi connectivity index (χ2v) is 4.17. The first kappa shape index (κ1) is 9.92. The van der Waals surface area contributed by atoms with Crippen molar-refractivity contribution in [3.8, 4) is 0 Å². The fourth-order valence-corrected chi connectivity index (χ4v) is 0.861. The summed E-state index contributed by atoms with van der Waals surface area (Å²) in [7, 11) is 10.9. The molecule has 0 aromatic heterocycles. The van der Waals surface area contributed by atoms with Gasteiger partial charge in [0, 0.05) is 13.0 Å². The lowest BCUT2D eigenvalue weighted by Crippen LogP contribution is -2.36. The smallest absolute Gasteiger partial charge is 0.0792 e. The molecule has 2 heteroatoms. The van der Waals surface area contributed by atoms with Gasteiger partial charge in [0.25, 0.3) is 0 Å². The molecule has 62 valence electrons. The highest BCUT2D eigenvalue weighted by Gasteiger charge is 2.05. The van der Waals surface area contributed by atoms with Gasteiger partial charge >= 0.3 is 0 Å². The zero-order valence-corrected chi connectivity index (χ0v) is 8.02. The van der Waals surface area contributed by atoms with Gasteiger partial charge in [-0.05, 0) is 14.1 Å². The number of rotatable bonds is 4. The van der Waals surface area contributed by atoms with Crippen LogP contribution in [0.3, 0.4) is 0 Å². The molecular weight excluding hydrogens is 124 g/mol. The Labute approximate surface area is 65.0 Å². The second-order valence-electron chi connectivity index (χ2n) is 4.17. The van der Waals surface area contributed by atoms with E-state index in [0.717, 1.165) is 4.48 Å². The van der Waals surface area contributed by atoms with E-state index in [-0.39, 0.29) is 0 Å². The lowest BCUT2D eigenvalue weighted by Gasteiger charge is -2.24. The van der Waals surface area contributed by atoms with E-state index in [9.17, 15) is 0 Å². The van der Waals surface area contributed by atoms with Gasteiger partial charge in [0.15, 0.2) is 0 Å². The van der Waals surface area contributed by atoms with Gasteiger partial charge in [-0.3, -0.25) is 0 Å². The van der Waals surface area contributed by atoms with Crippen molar-refractivity contribution in [1.29, 1.82) is 0 Å². The zero-order valence-electron chi connectivity index (χ0n) is 8.02. The molecule has 0 aromatic carbocycles. The Balaban J connectivity index is 3.21. The average molecular weight is 145 g/mol. The van der Waals surface area contributed by atoms with Crippen molar-refractivity contribution in [2.24, 2.45) is 0 Å². The summed E-state index contributed by atoms with van der Waals surface area (Å²) in [4.78, 5) is 2.23. The number of quaternary nitrogens is 1. The predicted molar refractivity (Wildman–Crippen MR) is 46.1 cm³/mol. The Morgan fingerprint density at radius 1 is 1.10 bits per heavy atom. The first-order chi connectivity index (χ1) is 4.42. The molecule has 0 spiro atoms. The maximum absolute atomic E-state index is 2.23. The van der Waals surface area contributed by atoms with Gasteiger partial charge in [0.1, 0.15) is 0 Å².